The normalized spacial score (nSPS) is 14.5. The van der Waals surface area contributed by atoms with E-state index in [9.17, 15) is 14.4 Å². The van der Waals surface area contributed by atoms with Crippen molar-refractivity contribution >= 4 is 23.7 Å². The molecule has 9 nitrogen and oxygen atoms in total. The first kappa shape index (κ1) is 18.4. The van der Waals surface area contributed by atoms with Gasteiger partial charge in [0.25, 0.3) is 0 Å². The molecule has 0 unspecified atom stereocenters. The number of nitrogens with two attached hydrogens (primary N) is 1. The van der Waals surface area contributed by atoms with Crippen LogP contribution in [0.5, 0.6) is 5.75 Å². The molecule has 1 fully saturated rings. The Labute approximate surface area is 145 Å². The Morgan fingerprint density at radius 2 is 1.84 bits per heavy atom. The van der Waals surface area contributed by atoms with Gasteiger partial charge in [-0.3, -0.25) is 4.79 Å². The highest BCUT2D eigenvalue weighted by Gasteiger charge is 2.23. The van der Waals surface area contributed by atoms with Crippen LogP contribution in [-0.2, 0) is 4.79 Å². The molecule has 0 aromatic heterocycles. The second kappa shape index (κ2) is 8.76. The summed E-state index contributed by atoms with van der Waals surface area (Å²) in [6.07, 6.45) is 1.28. The van der Waals surface area contributed by atoms with Crippen molar-refractivity contribution in [2.45, 2.75) is 18.9 Å². The maximum Gasteiger partial charge on any atom is 0.321 e. The average molecular weight is 349 g/mol. The van der Waals surface area contributed by atoms with Gasteiger partial charge in [-0.2, -0.15) is 0 Å². The van der Waals surface area contributed by atoms with E-state index in [1.54, 1.807) is 36.3 Å². The number of primary amides is 1. The molecule has 1 saturated heterocycles. The van der Waals surface area contributed by atoms with Crippen molar-refractivity contribution < 1.29 is 19.1 Å². The number of ether oxygens (including phenoxy) is 1. The van der Waals surface area contributed by atoms with Crippen LogP contribution in [0, 0.1) is 0 Å². The number of anilines is 1. The number of hydrogen-bond acceptors (Lipinski definition) is 4. The van der Waals surface area contributed by atoms with Crippen molar-refractivity contribution in [3.63, 3.8) is 0 Å². The van der Waals surface area contributed by atoms with Crippen LogP contribution >= 0.6 is 0 Å². The number of likely N-dealkylation sites (tertiary alicyclic amines) is 1. The van der Waals surface area contributed by atoms with E-state index in [-0.39, 0.29) is 18.6 Å². The zero-order chi connectivity index (χ0) is 18.2. The highest BCUT2D eigenvalue weighted by Crippen LogP contribution is 2.17. The Morgan fingerprint density at radius 1 is 1.20 bits per heavy atom. The first-order chi connectivity index (χ1) is 12.0. The highest BCUT2D eigenvalue weighted by molar-refractivity contribution is 5.89. The SMILES string of the molecule is COc1ccc(NC(=O)N2CCC(NC(=O)NCC(N)=O)CC2)cc1. The number of rotatable bonds is 5. The van der Waals surface area contributed by atoms with E-state index in [2.05, 4.69) is 16.0 Å². The lowest BCUT2D eigenvalue weighted by Crippen LogP contribution is -2.50. The molecular weight excluding hydrogens is 326 g/mol. The lowest BCUT2D eigenvalue weighted by atomic mass is 10.1. The first-order valence-corrected chi connectivity index (χ1v) is 8.00. The first-order valence-electron chi connectivity index (χ1n) is 8.00. The molecular formula is C16H23N5O4. The third-order valence-electron chi connectivity index (χ3n) is 3.88. The van der Waals surface area contributed by atoms with Gasteiger partial charge in [0.15, 0.2) is 0 Å². The van der Waals surface area contributed by atoms with Gasteiger partial charge < -0.3 is 31.3 Å². The van der Waals surface area contributed by atoms with E-state index >= 15 is 0 Å². The summed E-state index contributed by atoms with van der Waals surface area (Å²) in [5.41, 5.74) is 5.66. The molecule has 5 N–H and O–H groups in total. The van der Waals surface area contributed by atoms with Crippen molar-refractivity contribution in [1.29, 1.82) is 0 Å². The average Bonchev–Trinajstić information content (AvgIpc) is 2.61. The van der Waals surface area contributed by atoms with Crippen LogP contribution in [-0.4, -0.2) is 55.7 Å². The number of carbonyl (C=O) groups excluding carboxylic acids is 3. The third-order valence-corrected chi connectivity index (χ3v) is 3.88. The van der Waals surface area contributed by atoms with Crippen molar-refractivity contribution in [2.75, 3.05) is 32.1 Å². The largest absolute Gasteiger partial charge is 0.497 e. The van der Waals surface area contributed by atoms with E-state index in [1.807, 2.05) is 0 Å². The number of carbonyl (C=O) groups is 3. The molecule has 0 bridgehead atoms. The summed E-state index contributed by atoms with van der Waals surface area (Å²) in [6.45, 7) is 0.862. The lowest BCUT2D eigenvalue weighted by molar-refractivity contribution is -0.117. The Balaban J connectivity index is 1.74. The van der Waals surface area contributed by atoms with Crippen LogP contribution in [0.2, 0.25) is 0 Å². The van der Waals surface area contributed by atoms with Gasteiger partial charge in [0.05, 0.1) is 13.7 Å². The molecule has 25 heavy (non-hydrogen) atoms. The highest BCUT2D eigenvalue weighted by atomic mass is 16.5. The van der Waals surface area contributed by atoms with Crippen molar-refractivity contribution in [3.8, 4) is 5.75 Å². The Bertz CT molecular complexity index is 611. The number of amides is 5. The van der Waals surface area contributed by atoms with Crippen molar-refractivity contribution in [2.24, 2.45) is 5.73 Å². The molecule has 5 amide bonds. The smallest absolute Gasteiger partial charge is 0.321 e. The maximum absolute atomic E-state index is 12.3. The molecule has 1 aromatic rings. The van der Waals surface area contributed by atoms with Gasteiger partial charge in [-0.15, -0.1) is 0 Å². The fraction of sp³-hybridized carbons (Fsp3) is 0.438. The summed E-state index contributed by atoms with van der Waals surface area (Å²) in [5.74, 6) is 0.125. The third kappa shape index (κ3) is 5.87. The Hall–Kier alpha value is -2.97. The molecule has 136 valence electrons. The maximum atomic E-state index is 12.3. The van der Waals surface area contributed by atoms with E-state index < -0.39 is 11.9 Å². The molecule has 0 atom stereocenters. The summed E-state index contributed by atoms with van der Waals surface area (Å²) in [7, 11) is 1.58. The molecule has 0 radical (unpaired) electrons. The zero-order valence-electron chi connectivity index (χ0n) is 14.1. The van der Waals surface area contributed by atoms with E-state index in [0.29, 0.717) is 31.6 Å². The lowest BCUT2D eigenvalue weighted by Gasteiger charge is -2.32. The van der Waals surface area contributed by atoms with Gasteiger partial charge in [0, 0.05) is 24.8 Å². The van der Waals surface area contributed by atoms with Gasteiger partial charge in [0.2, 0.25) is 5.91 Å². The van der Waals surface area contributed by atoms with Crippen molar-refractivity contribution in [3.05, 3.63) is 24.3 Å². The second-order valence-electron chi connectivity index (χ2n) is 5.71. The number of nitrogens with zero attached hydrogens (tertiary/aromatic N) is 1. The van der Waals surface area contributed by atoms with Gasteiger partial charge in [-0.05, 0) is 37.1 Å². The minimum atomic E-state index is -0.597. The standard InChI is InChI=1S/C16H23N5O4/c1-25-13-4-2-11(3-5-13)20-16(24)21-8-6-12(7-9-21)19-15(23)18-10-14(17)22/h2-5,12H,6-10H2,1H3,(H2,17,22)(H,20,24)(H2,18,19,23). The number of benzene rings is 1. The molecule has 9 heteroatoms. The molecule has 1 aliphatic heterocycles. The topological polar surface area (TPSA) is 126 Å². The molecule has 1 aromatic carbocycles. The predicted octanol–water partition coefficient (Wildman–Crippen LogP) is 0.476. The fourth-order valence-electron chi connectivity index (χ4n) is 2.51. The minimum absolute atomic E-state index is 0.0436. The molecule has 0 saturated carbocycles. The van der Waals surface area contributed by atoms with E-state index in [4.69, 9.17) is 10.5 Å². The quantitative estimate of drug-likeness (QED) is 0.616. The van der Waals surface area contributed by atoms with E-state index in [1.165, 1.54) is 0 Å². The van der Waals surface area contributed by atoms with Gasteiger partial charge in [-0.25, -0.2) is 9.59 Å². The summed E-state index contributed by atoms with van der Waals surface area (Å²) in [6, 6.07) is 6.44. The summed E-state index contributed by atoms with van der Waals surface area (Å²) in [5, 5.41) is 7.98. The van der Waals surface area contributed by atoms with Crippen molar-refractivity contribution in [1.82, 2.24) is 15.5 Å². The monoisotopic (exact) mass is 349 g/mol. The summed E-state index contributed by atoms with van der Waals surface area (Å²) in [4.78, 5) is 36.2. The number of hydrogen-bond donors (Lipinski definition) is 4. The van der Waals surface area contributed by atoms with Crippen LogP contribution in [0.3, 0.4) is 0 Å². The fourth-order valence-corrected chi connectivity index (χ4v) is 2.51. The molecule has 1 aliphatic rings. The zero-order valence-corrected chi connectivity index (χ0v) is 14.1. The number of piperidine rings is 1. The van der Waals surface area contributed by atoms with Gasteiger partial charge >= 0.3 is 12.1 Å². The molecule has 0 spiro atoms. The Morgan fingerprint density at radius 3 is 2.40 bits per heavy atom. The van der Waals surface area contributed by atoms with Crippen LogP contribution in [0.15, 0.2) is 24.3 Å². The van der Waals surface area contributed by atoms with Gasteiger partial charge in [0.1, 0.15) is 5.75 Å². The Kier molecular flexibility index (Phi) is 6.44. The molecule has 0 aliphatic carbocycles. The minimum Gasteiger partial charge on any atom is -0.497 e. The number of urea groups is 2. The summed E-state index contributed by atoms with van der Waals surface area (Å²) < 4.78 is 5.08. The van der Waals surface area contributed by atoms with Crippen LogP contribution < -0.4 is 26.4 Å². The van der Waals surface area contributed by atoms with Crippen LogP contribution in [0.25, 0.3) is 0 Å². The number of methoxy groups -OCH3 is 1. The van der Waals surface area contributed by atoms with Crippen LogP contribution in [0.1, 0.15) is 12.8 Å². The summed E-state index contributed by atoms with van der Waals surface area (Å²) >= 11 is 0. The predicted molar refractivity (Wildman–Crippen MR) is 92.3 cm³/mol. The molecule has 2 rings (SSSR count). The van der Waals surface area contributed by atoms with E-state index in [0.717, 1.165) is 5.75 Å². The second-order valence-corrected chi connectivity index (χ2v) is 5.71. The number of nitrogens with one attached hydrogen (secondary N) is 3. The van der Waals surface area contributed by atoms with Gasteiger partial charge in [-0.1, -0.05) is 0 Å². The molecule has 1 heterocycles. The van der Waals surface area contributed by atoms with Crippen LogP contribution in [0.4, 0.5) is 15.3 Å².